The molecular weight excluding hydrogens is 276 g/mol. The van der Waals surface area contributed by atoms with Crippen molar-refractivity contribution in [2.24, 2.45) is 10.4 Å². The van der Waals surface area contributed by atoms with Gasteiger partial charge in [0.2, 0.25) is 5.75 Å². The number of benzene rings is 1. The summed E-state index contributed by atoms with van der Waals surface area (Å²) < 4.78 is 5.55. The zero-order valence-electron chi connectivity index (χ0n) is 13.1. The Labute approximate surface area is 129 Å². The molecule has 0 saturated heterocycles. The Morgan fingerprint density at radius 2 is 2.05 bits per heavy atom. The summed E-state index contributed by atoms with van der Waals surface area (Å²) in [4.78, 5) is 19.9. The Balaban J connectivity index is 2.27. The molecule has 114 valence electrons. The maximum absolute atomic E-state index is 12.2. The lowest BCUT2D eigenvalue weighted by molar-refractivity contribution is 0.467. The van der Waals surface area contributed by atoms with Gasteiger partial charge in [0.15, 0.2) is 0 Å². The van der Waals surface area contributed by atoms with Crippen molar-refractivity contribution in [3.05, 3.63) is 47.0 Å². The first kappa shape index (κ1) is 14.6. The van der Waals surface area contributed by atoms with Gasteiger partial charge < -0.3 is 9.72 Å². The smallest absolute Gasteiger partial charge is 0.293 e. The van der Waals surface area contributed by atoms with Crippen molar-refractivity contribution in [1.82, 2.24) is 4.98 Å². The van der Waals surface area contributed by atoms with Crippen LogP contribution in [0.1, 0.15) is 33.6 Å². The van der Waals surface area contributed by atoms with E-state index in [2.05, 4.69) is 25.8 Å². The minimum atomic E-state index is -0.253. The van der Waals surface area contributed by atoms with Crippen molar-refractivity contribution in [3.8, 4) is 5.75 Å². The third-order valence-corrected chi connectivity index (χ3v) is 4.06. The van der Waals surface area contributed by atoms with E-state index in [4.69, 9.17) is 9.73 Å². The van der Waals surface area contributed by atoms with Crippen LogP contribution in [0.5, 0.6) is 5.75 Å². The third-order valence-electron chi connectivity index (χ3n) is 4.06. The van der Waals surface area contributed by atoms with Gasteiger partial charge in [-0.1, -0.05) is 45.4 Å². The molecule has 0 aliphatic carbocycles. The lowest BCUT2D eigenvalue weighted by Crippen LogP contribution is -2.22. The van der Waals surface area contributed by atoms with E-state index in [1.807, 2.05) is 30.3 Å². The van der Waals surface area contributed by atoms with Crippen LogP contribution in [0.3, 0.4) is 0 Å². The average molecular weight is 296 g/mol. The summed E-state index contributed by atoms with van der Waals surface area (Å²) in [7, 11) is 0. The number of para-hydroxylation sites is 1. The first-order valence-corrected chi connectivity index (χ1v) is 7.60. The molecule has 0 bridgehead atoms. The topological polar surface area (TPSA) is 54.5 Å². The van der Waals surface area contributed by atoms with Gasteiger partial charge >= 0.3 is 0 Å². The molecule has 0 saturated carbocycles. The third kappa shape index (κ3) is 2.45. The fraction of sp³-hybridized carbons (Fsp3) is 0.333. The largest absolute Gasteiger partial charge is 0.457 e. The van der Waals surface area contributed by atoms with Gasteiger partial charge in [-0.2, -0.15) is 0 Å². The van der Waals surface area contributed by atoms with Gasteiger partial charge in [0, 0.05) is 16.5 Å². The highest BCUT2D eigenvalue weighted by molar-refractivity contribution is 6.04. The molecule has 0 fully saturated rings. The van der Waals surface area contributed by atoms with Crippen molar-refractivity contribution in [2.75, 3.05) is 0 Å². The zero-order chi connectivity index (χ0) is 15.7. The lowest BCUT2D eigenvalue weighted by atomic mass is 9.82. The predicted molar refractivity (Wildman–Crippen MR) is 90.1 cm³/mol. The van der Waals surface area contributed by atoms with Crippen LogP contribution < -0.4 is 10.3 Å². The second-order valence-electron chi connectivity index (χ2n) is 6.23. The van der Waals surface area contributed by atoms with Gasteiger partial charge in [-0.25, -0.2) is 4.99 Å². The van der Waals surface area contributed by atoms with Crippen molar-refractivity contribution in [2.45, 2.75) is 33.6 Å². The van der Waals surface area contributed by atoms with Crippen molar-refractivity contribution < 1.29 is 4.74 Å². The Bertz CT molecular complexity index is 829. The molecule has 0 amide bonds. The number of allylic oxidation sites excluding steroid dienone is 1. The maximum atomic E-state index is 12.2. The molecule has 4 heteroatoms. The zero-order valence-corrected chi connectivity index (χ0v) is 13.1. The molecule has 1 aliphatic rings. The van der Waals surface area contributed by atoms with Crippen molar-refractivity contribution in [3.63, 3.8) is 0 Å². The summed E-state index contributed by atoms with van der Waals surface area (Å²) in [6, 6.07) is 7.66. The van der Waals surface area contributed by atoms with Crippen LogP contribution in [-0.4, -0.2) is 10.7 Å². The number of ether oxygens (including phenoxy) is 1. The minimum Gasteiger partial charge on any atom is -0.457 e. The van der Waals surface area contributed by atoms with Crippen LogP contribution in [-0.2, 0) is 0 Å². The number of fused-ring (bicyclic) bond motifs is 3. The summed E-state index contributed by atoms with van der Waals surface area (Å²) in [5.74, 6) is 0.261. The predicted octanol–water partition coefficient (Wildman–Crippen LogP) is 4.33. The molecule has 22 heavy (non-hydrogen) atoms. The van der Waals surface area contributed by atoms with Gasteiger partial charge in [-0.3, -0.25) is 4.79 Å². The van der Waals surface area contributed by atoms with E-state index in [0.717, 1.165) is 29.5 Å². The molecule has 4 nitrogen and oxygen atoms in total. The van der Waals surface area contributed by atoms with Crippen LogP contribution in [0.15, 0.2) is 46.4 Å². The maximum Gasteiger partial charge on any atom is 0.293 e. The molecule has 1 aromatic carbocycles. The summed E-state index contributed by atoms with van der Waals surface area (Å²) in [6.45, 7) is 6.49. The van der Waals surface area contributed by atoms with E-state index in [1.165, 1.54) is 0 Å². The van der Waals surface area contributed by atoms with E-state index in [-0.39, 0.29) is 16.7 Å². The molecular formula is C18H20N2O2. The summed E-state index contributed by atoms with van der Waals surface area (Å²) in [5.41, 5.74) is 2.00. The monoisotopic (exact) mass is 296 g/mol. The van der Waals surface area contributed by atoms with Crippen molar-refractivity contribution >= 4 is 22.3 Å². The fourth-order valence-corrected chi connectivity index (χ4v) is 2.88. The molecule has 0 spiro atoms. The van der Waals surface area contributed by atoms with Gasteiger partial charge in [0.1, 0.15) is 5.69 Å². The summed E-state index contributed by atoms with van der Waals surface area (Å²) in [5, 5.41) is 0.894. The minimum absolute atomic E-state index is 0.0695. The van der Waals surface area contributed by atoms with Crippen LogP contribution in [0.4, 0.5) is 5.69 Å². The molecule has 2 aromatic rings. The van der Waals surface area contributed by atoms with E-state index in [9.17, 15) is 4.79 Å². The number of rotatable bonds is 3. The van der Waals surface area contributed by atoms with E-state index in [0.29, 0.717) is 5.69 Å². The van der Waals surface area contributed by atoms with E-state index < -0.39 is 0 Å². The first-order valence-electron chi connectivity index (χ1n) is 7.60. The van der Waals surface area contributed by atoms with Crippen LogP contribution in [0.25, 0.3) is 10.9 Å². The summed E-state index contributed by atoms with van der Waals surface area (Å²) in [6.07, 6.45) is 5.52. The first-order chi connectivity index (χ1) is 10.5. The van der Waals surface area contributed by atoms with E-state index in [1.54, 1.807) is 6.26 Å². The van der Waals surface area contributed by atoms with Crippen molar-refractivity contribution in [1.29, 1.82) is 0 Å². The Morgan fingerprint density at radius 1 is 1.27 bits per heavy atom. The number of hydrogen-bond acceptors (Lipinski definition) is 3. The van der Waals surface area contributed by atoms with Gasteiger partial charge in [0.05, 0.1) is 11.8 Å². The molecule has 1 aliphatic heterocycles. The standard InChI is InChI=1S/C18H20N2O2/c1-4-10-18(2,3)14-9-11-22-16-15(20-14)12-7-5-6-8-13(12)19-17(16)21/h5-9,11H,4,10H2,1-3H3,(H,19,21). The number of pyridine rings is 1. The Kier molecular flexibility index (Phi) is 3.61. The van der Waals surface area contributed by atoms with Crippen LogP contribution >= 0.6 is 0 Å². The van der Waals surface area contributed by atoms with Gasteiger partial charge in [-0.15, -0.1) is 0 Å². The van der Waals surface area contributed by atoms with E-state index >= 15 is 0 Å². The summed E-state index contributed by atoms with van der Waals surface area (Å²) >= 11 is 0. The molecule has 1 aromatic heterocycles. The quantitative estimate of drug-likeness (QED) is 0.916. The fourth-order valence-electron chi connectivity index (χ4n) is 2.88. The lowest BCUT2D eigenvalue weighted by Gasteiger charge is -2.23. The second kappa shape index (κ2) is 5.44. The number of aromatic nitrogens is 1. The average Bonchev–Trinajstić information content (AvgIpc) is 2.71. The Morgan fingerprint density at radius 3 is 2.82 bits per heavy atom. The highest BCUT2D eigenvalue weighted by Crippen LogP contribution is 2.36. The number of nitrogens with one attached hydrogen (secondary N) is 1. The number of aromatic amines is 1. The molecule has 2 heterocycles. The molecule has 1 N–H and O–H groups in total. The highest BCUT2D eigenvalue weighted by Gasteiger charge is 2.25. The molecule has 0 atom stereocenters. The van der Waals surface area contributed by atoms with Crippen LogP contribution in [0.2, 0.25) is 0 Å². The second-order valence-corrected chi connectivity index (χ2v) is 6.23. The van der Waals surface area contributed by atoms with Gasteiger partial charge in [-0.05, 0) is 18.6 Å². The number of H-pyrrole nitrogens is 1. The molecule has 0 radical (unpaired) electrons. The number of aliphatic imine (C=N–C) groups is 1. The number of nitrogens with zero attached hydrogens (tertiary/aromatic N) is 1. The normalized spacial score (nSPS) is 14.2. The number of hydrogen-bond donors (Lipinski definition) is 1. The SMILES string of the molecule is CCCC(C)(C)C1=Nc2c(c(=O)[nH]c3ccccc23)OC=C1. The molecule has 0 unspecified atom stereocenters. The van der Waals surface area contributed by atoms with Gasteiger partial charge in [0.25, 0.3) is 5.56 Å². The Hall–Kier alpha value is -2.36. The molecule has 3 rings (SSSR count). The van der Waals surface area contributed by atoms with Crippen LogP contribution in [0, 0.1) is 5.41 Å². The highest BCUT2D eigenvalue weighted by atomic mass is 16.5.